The number of halogens is 5. The molecule has 0 aliphatic carbocycles. The summed E-state index contributed by atoms with van der Waals surface area (Å²) in [4.78, 5) is 20.9. The minimum Gasteiger partial charge on any atom is -0.394 e. The predicted molar refractivity (Wildman–Crippen MR) is 98.1 cm³/mol. The Kier molecular flexibility index (Phi) is 7.71. The molecule has 0 aliphatic heterocycles. The van der Waals surface area contributed by atoms with Crippen molar-refractivity contribution in [3.8, 4) is 0 Å². The second-order valence-corrected chi connectivity index (χ2v) is 6.79. The first-order chi connectivity index (χ1) is 12.7. The largest absolute Gasteiger partial charge is 0.394 e. The Morgan fingerprint density at radius 2 is 2.04 bits per heavy atom. The maximum Gasteiger partial charge on any atom is 0.277 e. The van der Waals surface area contributed by atoms with Crippen molar-refractivity contribution in [1.82, 2.24) is 10.5 Å². The Labute approximate surface area is 170 Å². The molecule has 0 aliphatic rings. The molecule has 4 N–H and O–H groups in total. The number of carbonyl (C=O) groups is 1. The van der Waals surface area contributed by atoms with Crippen LogP contribution in [0.2, 0.25) is 10.0 Å². The van der Waals surface area contributed by atoms with Crippen molar-refractivity contribution in [2.45, 2.75) is 6.10 Å². The molecule has 2 rings (SSSR count). The minimum absolute atomic E-state index is 0.0129. The number of nitrogens with one attached hydrogen (secondary N) is 2. The molecule has 2 aromatic rings. The van der Waals surface area contributed by atoms with E-state index >= 15 is 0 Å². The first kappa shape index (κ1) is 21.7. The molecule has 1 amide bonds. The van der Waals surface area contributed by atoms with E-state index in [1.165, 1.54) is 12.3 Å². The van der Waals surface area contributed by atoms with Gasteiger partial charge in [-0.25, -0.2) is 19.2 Å². The monoisotopic (exact) mass is 485 g/mol. The summed E-state index contributed by atoms with van der Waals surface area (Å²) in [6.45, 7) is -0.999. The third-order valence-electron chi connectivity index (χ3n) is 3.11. The van der Waals surface area contributed by atoms with Gasteiger partial charge in [0, 0.05) is 6.20 Å². The van der Waals surface area contributed by atoms with Crippen molar-refractivity contribution in [2.24, 2.45) is 0 Å². The van der Waals surface area contributed by atoms with Crippen LogP contribution in [0.4, 0.5) is 20.3 Å². The van der Waals surface area contributed by atoms with E-state index in [0.717, 1.165) is 6.07 Å². The van der Waals surface area contributed by atoms with Gasteiger partial charge >= 0.3 is 0 Å². The molecule has 0 unspecified atom stereocenters. The molecule has 1 heterocycles. The summed E-state index contributed by atoms with van der Waals surface area (Å²) in [5.41, 5.74) is 1.07. The number of hydrogen-bond donors (Lipinski definition) is 4. The number of nitrogens with zero attached hydrogens (tertiary/aromatic N) is 1. The van der Waals surface area contributed by atoms with E-state index in [-0.39, 0.29) is 25.9 Å². The fourth-order valence-electron chi connectivity index (χ4n) is 1.83. The molecular formula is C15H12BrCl2F2N3O4. The van der Waals surface area contributed by atoms with Gasteiger partial charge in [0.25, 0.3) is 5.91 Å². The van der Waals surface area contributed by atoms with Gasteiger partial charge < -0.3 is 15.5 Å². The number of pyridine rings is 1. The van der Waals surface area contributed by atoms with Crippen molar-refractivity contribution >= 4 is 56.5 Å². The molecule has 0 spiro atoms. The number of hydroxylamine groups is 1. The highest BCUT2D eigenvalue weighted by Gasteiger charge is 2.23. The Morgan fingerprint density at radius 3 is 2.67 bits per heavy atom. The predicted octanol–water partition coefficient (Wildman–Crippen LogP) is 3.19. The summed E-state index contributed by atoms with van der Waals surface area (Å²) >= 11 is 14.5. The molecule has 0 radical (unpaired) electrons. The van der Waals surface area contributed by atoms with Gasteiger partial charge in [0.1, 0.15) is 18.5 Å². The highest BCUT2D eigenvalue weighted by Crippen LogP contribution is 2.33. The van der Waals surface area contributed by atoms with E-state index in [9.17, 15) is 18.7 Å². The number of aliphatic hydroxyl groups excluding tert-OH is 2. The van der Waals surface area contributed by atoms with Crippen LogP contribution in [-0.4, -0.2) is 40.4 Å². The number of hydrogen-bond acceptors (Lipinski definition) is 6. The Balaban J connectivity index is 2.34. The van der Waals surface area contributed by atoms with Crippen molar-refractivity contribution < 1.29 is 28.6 Å². The third kappa shape index (κ3) is 5.47. The molecule has 0 saturated carbocycles. The number of rotatable bonds is 7. The Morgan fingerprint density at radius 1 is 1.33 bits per heavy atom. The second kappa shape index (κ2) is 9.58. The van der Waals surface area contributed by atoms with Crippen molar-refractivity contribution in [3.05, 3.63) is 50.0 Å². The molecule has 27 heavy (non-hydrogen) atoms. The molecule has 7 nitrogen and oxygen atoms in total. The molecule has 1 aromatic carbocycles. The minimum atomic E-state index is -1.36. The molecule has 0 fully saturated rings. The van der Waals surface area contributed by atoms with Crippen LogP contribution in [0.15, 0.2) is 22.8 Å². The first-order valence-electron chi connectivity index (χ1n) is 7.21. The number of carbonyl (C=O) groups excluding carboxylic acids is 1. The first-order valence-corrected chi connectivity index (χ1v) is 8.76. The summed E-state index contributed by atoms with van der Waals surface area (Å²) in [5, 5.41) is 20.6. The van der Waals surface area contributed by atoms with Gasteiger partial charge in [-0.1, -0.05) is 23.2 Å². The fraction of sp³-hybridized carbons (Fsp3) is 0.200. The quantitative estimate of drug-likeness (QED) is 0.354. The maximum atomic E-state index is 14.4. The van der Waals surface area contributed by atoms with Crippen LogP contribution < -0.4 is 10.8 Å². The molecular weight excluding hydrogens is 475 g/mol. The van der Waals surface area contributed by atoms with Crippen LogP contribution in [0.5, 0.6) is 0 Å². The van der Waals surface area contributed by atoms with Gasteiger partial charge in [0.15, 0.2) is 11.6 Å². The average Bonchev–Trinajstić information content (AvgIpc) is 2.63. The van der Waals surface area contributed by atoms with E-state index in [0.29, 0.717) is 0 Å². The van der Waals surface area contributed by atoms with Crippen LogP contribution in [0, 0.1) is 11.6 Å². The molecule has 146 valence electrons. The number of amides is 1. The van der Waals surface area contributed by atoms with Crippen LogP contribution >= 0.6 is 39.1 Å². The van der Waals surface area contributed by atoms with E-state index in [4.69, 9.17) is 33.1 Å². The number of anilines is 2. The lowest BCUT2D eigenvalue weighted by atomic mass is 10.1. The van der Waals surface area contributed by atoms with Gasteiger partial charge in [-0.05, 0) is 28.1 Å². The number of aliphatic hydroxyl groups is 2. The summed E-state index contributed by atoms with van der Waals surface area (Å²) < 4.78 is 28.1. The zero-order valence-corrected chi connectivity index (χ0v) is 16.4. The van der Waals surface area contributed by atoms with Crippen LogP contribution in [0.3, 0.4) is 0 Å². The smallest absolute Gasteiger partial charge is 0.277 e. The summed E-state index contributed by atoms with van der Waals surface area (Å²) in [7, 11) is 0. The van der Waals surface area contributed by atoms with Gasteiger partial charge in [-0.15, -0.1) is 0 Å². The van der Waals surface area contributed by atoms with E-state index < -0.39 is 42.5 Å². The van der Waals surface area contributed by atoms with Crippen LogP contribution in [0.1, 0.15) is 10.4 Å². The highest BCUT2D eigenvalue weighted by molar-refractivity contribution is 9.10. The second-order valence-electron chi connectivity index (χ2n) is 5.10. The molecule has 1 atom stereocenters. The standard InChI is InChI=1S/C15H12BrCl2F2N3O4/c16-9-2-8(15(26)23-27-5-7(25)4-24)13(12(20)11(9)19)22-14-10(18)1-6(17)3-21-14/h1-3,7,24-25H,4-5H2,(H,21,22)(H,23,26)/t7-/m1/s1. The van der Waals surface area contributed by atoms with E-state index in [2.05, 4.69) is 26.2 Å². The lowest BCUT2D eigenvalue weighted by molar-refractivity contribution is -0.0295. The van der Waals surface area contributed by atoms with Gasteiger partial charge in [-0.3, -0.25) is 9.63 Å². The zero-order valence-electron chi connectivity index (χ0n) is 13.3. The zero-order chi connectivity index (χ0) is 20.1. The average molecular weight is 487 g/mol. The van der Waals surface area contributed by atoms with E-state index in [1.807, 2.05) is 5.48 Å². The van der Waals surface area contributed by atoms with Crippen molar-refractivity contribution in [3.63, 3.8) is 0 Å². The Hall–Kier alpha value is -1.56. The van der Waals surface area contributed by atoms with Gasteiger partial charge in [0.05, 0.1) is 32.4 Å². The van der Waals surface area contributed by atoms with Crippen molar-refractivity contribution in [2.75, 3.05) is 18.5 Å². The number of aromatic nitrogens is 1. The topological polar surface area (TPSA) is 104 Å². The lowest BCUT2D eigenvalue weighted by Gasteiger charge is -2.15. The molecule has 0 bridgehead atoms. The van der Waals surface area contributed by atoms with E-state index in [1.54, 1.807) is 0 Å². The fourth-order valence-corrected chi connectivity index (χ4v) is 2.66. The normalized spacial score (nSPS) is 12.0. The number of benzene rings is 1. The molecule has 0 saturated heterocycles. The summed E-state index contributed by atoms with van der Waals surface area (Å²) in [6, 6.07) is 2.34. The summed E-state index contributed by atoms with van der Waals surface area (Å²) in [5.74, 6) is -3.62. The van der Waals surface area contributed by atoms with Crippen LogP contribution in [-0.2, 0) is 4.84 Å². The summed E-state index contributed by atoms with van der Waals surface area (Å²) in [6.07, 6.45) is -0.00109. The van der Waals surface area contributed by atoms with Crippen LogP contribution in [0.25, 0.3) is 0 Å². The van der Waals surface area contributed by atoms with Gasteiger partial charge in [0.2, 0.25) is 0 Å². The van der Waals surface area contributed by atoms with Gasteiger partial charge in [-0.2, -0.15) is 0 Å². The van der Waals surface area contributed by atoms with Crippen molar-refractivity contribution in [1.29, 1.82) is 0 Å². The third-order valence-corrected chi connectivity index (χ3v) is 4.18. The Bertz CT molecular complexity index is 860. The molecule has 1 aromatic heterocycles. The lowest BCUT2D eigenvalue weighted by Crippen LogP contribution is -2.30. The maximum absolute atomic E-state index is 14.4. The highest BCUT2D eigenvalue weighted by atomic mass is 79.9. The SMILES string of the molecule is O=C(NOC[C@H](O)CO)c1cc(Br)c(F)c(F)c1Nc1ncc(Cl)cc1Cl. The molecule has 12 heteroatoms.